The van der Waals surface area contributed by atoms with E-state index in [1.807, 2.05) is 13.1 Å². The summed E-state index contributed by atoms with van der Waals surface area (Å²) in [7, 11) is 0. The Kier molecular flexibility index (Phi) is 5.01. The van der Waals surface area contributed by atoms with E-state index in [4.69, 9.17) is 10.5 Å². The van der Waals surface area contributed by atoms with E-state index in [9.17, 15) is 4.79 Å². The molecule has 1 heterocycles. The van der Waals surface area contributed by atoms with Crippen LogP contribution in [-0.2, 0) is 11.3 Å². The zero-order valence-corrected chi connectivity index (χ0v) is 10.3. The van der Waals surface area contributed by atoms with Crippen LogP contribution in [0.4, 0.5) is 0 Å². The Balaban J connectivity index is 2.64. The Morgan fingerprint density at radius 1 is 1.53 bits per heavy atom. The summed E-state index contributed by atoms with van der Waals surface area (Å²) in [4.78, 5) is 11.6. The van der Waals surface area contributed by atoms with E-state index >= 15 is 0 Å². The van der Waals surface area contributed by atoms with Gasteiger partial charge in [-0.1, -0.05) is 0 Å². The quantitative estimate of drug-likeness (QED) is 0.812. The van der Waals surface area contributed by atoms with Gasteiger partial charge in [-0.25, -0.2) is 0 Å². The maximum Gasteiger partial charge on any atom is 0.264 e. The molecule has 15 heavy (non-hydrogen) atoms. The molecule has 1 aromatic heterocycles. The molecule has 0 amide bonds. The number of aryl methyl sites for hydroxylation is 1. The predicted molar refractivity (Wildman–Crippen MR) is 63.0 cm³/mol. The second-order valence-electron chi connectivity index (χ2n) is 3.26. The standard InChI is InChI=1S/C10H15BrN2O2/c1-8-6-9(11)10(14)13(7-8)3-5-15-4-2-12/h6-7H,2-5,12H2,1H3. The van der Waals surface area contributed by atoms with E-state index in [0.29, 0.717) is 30.8 Å². The molecule has 0 radical (unpaired) electrons. The van der Waals surface area contributed by atoms with Crippen molar-refractivity contribution in [1.82, 2.24) is 4.57 Å². The predicted octanol–water partition coefficient (Wildman–Crippen LogP) is 0.895. The molecule has 0 atom stereocenters. The highest BCUT2D eigenvalue weighted by Gasteiger charge is 2.01. The lowest BCUT2D eigenvalue weighted by atomic mass is 10.3. The lowest BCUT2D eigenvalue weighted by Crippen LogP contribution is -2.23. The summed E-state index contributed by atoms with van der Waals surface area (Å²) in [6, 6.07) is 1.81. The van der Waals surface area contributed by atoms with Gasteiger partial charge in [-0.15, -0.1) is 0 Å². The molecule has 0 aromatic carbocycles. The van der Waals surface area contributed by atoms with Crippen LogP contribution in [0.5, 0.6) is 0 Å². The normalized spacial score (nSPS) is 10.6. The van der Waals surface area contributed by atoms with Crippen molar-refractivity contribution in [2.75, 3.05) is 19.8 Å². The van der Waals surface area contributed by atoms with Crippen LogP contribution in [0.3, 0.4) is 0 Å². The van der Waals surface area contributed by atoms with Crippen molar-refractivity contribution in [3.8, 4) is 0 Å². The first-order valence-corrected chi connectivity index (χ1v) is 5.59. The number of pyridine rings is 1. The van der Waals surface area contributed by atoms with Crippen LogP contribution >= 0.6 is 15.9 Å². The highest BCUT2D eigenvalue weighted by molar-refractivity contribution is 9.10. The first-order valence-electron chi connectivity index (χ1n) is 4.79. The van der Waals surface area contributed by atoms with E-state index < -0.39 is 0 Å². The molecule has 0 saturated carbocycles. The topological polar surface area (TPSA) is 57.2 Å². The molecule has 0 unspecified atom stereocenters. The van der Waals surface area contributed by atoms with Gasteiger partial charge in [0.2, 0.25) is 0 Å². The van der Waals surface area contributed by atoms with Gasteiger partial charge >= 0.3 is 0 Å². The summed E-state index contributed by atoms with van der Waals surface area (Å²) < 4.78 is 7.44. The summed E-state index contributed by atoms with van der Waals surface area (Å²) >= 11 is 3.23. The highest BCUT2D eigenvalue weighted by Crippen LogP contribution is 2.05. The Bertz CT molecular complexity index is 376. The third-order valence-electron chi connectivity index (χ3n) is 1.92. The molecule has 0 aliphatic carbocycles. The van der Waals surface area contributed by atoms with Gasteiger partial charge in [-0.3, -0.25) is 4.79 Å². The third kappa shape index (κ3) is 3.77. The fourth-order valence-electron chi connectivity index (χ4n) is 1.25. The number of halogens is 1. The van der Waals surface area contributed by atoms with Crippen molar-refractivity contribution in [2.45, 2.75) is 13.5 Å². The van der Waals surface area contributed by atoms with Crippen LogP contribution in [0, 0.1) is 6.92 Å². The number of aromatic nitrogens is 1. The SMILES string of the molecule is Cc1cc(Br)c(=O)n(CCOCCN)c1. The van der Waals surface area contributed by atoms with E-state index in [1.54, 1.807) is 10.6 Å². The Morgan fingerprint density at radius 2 is 2.27 bits per heavy atom. The molecule has 84 valence electrons. The van der Waals surface area contributed by atoms with Gasteiger partial charge in [0, 0.05) is 19.3 Å². The van der Waals surface area contributed by atoms with Crippen molar-refractivity contribution in [2.24, 2.45) is 5.73 Å². The summed E-state index contributed by atoms with van der Waals surface area (Å²) in [5.74, 6) is 0. The molecular weight excluding hydrogens is 260 g/mol. The zero-order chi connectivity index (χ0) is 11.3. The first kappa shape index (κ1) is 12.4. The zero-order valence-electron chi connectivity index (χ0n) is 8.70. The van der Waals surface area contributed by atoms with Gasteiger partial charge in [0.05, 0.1) is 17.7 Å². The van der Waals surface area contributed by atoms with Crippen LogP contribution < -0.4 is 11.3 Å². The van der Waals surface area contributed by atoms with E-state index in [-0.39, 0.29) is 5.56 Å². The molecule has 0 fully saturated rings. The van der Waals surface area contributed by atoms with Crippen molar-refractivity contribution < 1.29 is 4.74 Å². The lowest BCUT2D eigenvalue weighted by molar-refractivity contribution is 0.132. The van der Waals surface area contributed by atoms with Crippen molar-refractivity contribution in [3.63, 3.8) is 0 Å². The Morgan fingerprint density at radius 3 is 2.93 bits per heavy atom. The molecule has 1 aromatic rings. The molecule has 0 spiro atoms. The minimum Gasteiger partial charge on any atom is -0.378 e. The molecule has 0 aliphatic heterocycles. The highest BCUT2D eigenvalue weighted by atomic mass is 79.9. The van der Waals surface area contributed by atoms with Crippen molar-refractivity contribution in [1.29, 1.82) is 0 Å². The molecule has 1 rings (SSSR count). The minimum atomic E-state index is -0.0306. The smallest absolute Gasteiger partial charge is 0.264 e. The van der Waals surface area contributed by atoms with Gasteiger partial charge in [0.15, 0.2) is 0 Å². The van der Waals surface area contributed by atoms with Gasteiger partial charge in [0.25, 0.3) is 5.56 Å². The van der Waals surface area contributed by atoms with Crippen molar-refractivity contribution in [3.05, 3.63) is 32.7 Å². The van der Waals surface area contributed by atoms with E-state index in [0.717, 1.165) is 5.56 Å². The van der Waals surface area contributed by atoms with E-state index in [1.165, 1.54) is 0 Å². The molecule has 2 N–H and O–H groups in total. The number of hydrogen-bond acceptors (Lipinski definition) is 3. The molecule has 4 nitrogen and oxygen atoms in total. The number of nitrogens with zero attached hydrogens (tertiary/aromatic N) is 1. The summed E-state index contributed by atoms with van der Waals surface area (Å²) in [6.07, 6.45) is 1.82. The van der Waals surface area contributed by atoms with Gasteiger partial charge in [0.1, 0.15) is 0 Å². The minimum absolute atomic E-state index is 0.0306. The monoisotopic (exact) mass is 274 g/mol. The average Bonchev–Trinajstić information content (AvgIpc) is 2.19. The van der Waals surface area contributed by atoms with Crippen LogP contribution in [0.25, 0.3) is 0 Å². The fourth-order valence-corrected chi connectivity index (χ4v) is 1.84. The fraction of sp³-hybridized carbons (Fsp3) is 0.500. The number of nitrogens with two attached hydrogens (primary N) is 1. The number of ether oxygens (including phenoxy) is 1. The number of rotatable bonds is 5. The van der Waals surface area contributed by atoms with Crippen LogP contribution in [0.15, 0.2) is 21.5 Å². The maximum absolute atomic E-state index is 11.6. The Labute approximate surface area is 97.2 Å². The van der Waals surface area contributed by atoms with Crippen LogP contribution in [0.1, 0.15) is 5.56 Å². The summed E-state index contributed by atoms with van der Waals surface area (Å²) in [5, 5.41) is 0. The van der Waals surface area contributed by atoms with Crippen LogP contribution in [0.2, 0.25) is 0 Å². The second-order valence-corrected chi connectivity index (χ2v) is 4.12. The summed E-state index contributed by atoms with van der Waals surface area (Å²) in [6.45, 7) is 4.04. The number of hydrogen-bond donors (Lipinski definition) is 1. The molecule has 5 heteroatoms. The van der Waals surface area contributed by atoms with Gasteiger partial charge in [-0.2, -0.15) is 0 Å². The molecular formula is C10H15BrN2O2. The van der Waals surface area contributed by atoms with E-state index in [2.05, 4.69) is 15.9 Å². The second kappa shape index (κ2) is 6.05. The molecule has 0 saturated heterocycles. The van der Waals surface area contributed by atoms with Gasteiger partial charge in [-0.05, 0) is 34.5 Å². The third-order valence-corrected chi connectivity index (χ3v) is 2.49. The average molecular weight is 275 g/mol. The largest absolute Gasteiger partial charge is 0.378 e. The Hall–Kier alpha value is -0.650. The lowest BCUT2D eigenvalue weighted by Gasteiger charge is -2.07. The summed E-state index contributed by atoms with van der Waals surface area (Å²) in [5.41, 5.74) is 6.30. The maximum atomic E-state index is 11.6. The first-order chi connectivity index (χ1) is 7.15. The molecule has 0 aliphatic rings. The van der Waals surface area contributed by atoms with Crippen molar-refractivity contribution >= 4 is 15.9 Å². The van der Waals surface area contributed by atoms with Crippen LogP contribution in [-0.4, -0.2) is 24.3 Å². The van der Waals surface area contributed by atoms with Gasteiger partial charge < -0.3 is 15.0 Å². The molecule has 0 bridgehead atoms.